The molecule has 1 rings (SSSR count). The Morgan fingerprint density at radius 2 is 1.93 bits per heavy atom. The van der Waals surface area contributed by atoms with E-state index < -0.39 is 11.9 Å². The Hall–Kier alpha value is -1.59. The van der Waals surface area contributed by atoms with Gasteiger partial charge in [-0.3, -0.25) is 9.59 Å². The molecule has 0 aromatic carbocycles. The van der Waals surface area contributed by atoms with Gasteiger partial charge in [0, 0.05) is 19.0 Å². The standard InChI is InChI=1S/C9H14N2O4/c12-7(11-6-3-4-6)2-1-5-10-8(13)9(14)15/h6H,1-5H2,(H,10,13)(H,11,12)(H,14,15). The van der Waals surface area contributed by atoms with Gasteiger partial charge < -0.3 is 15.7 Å². The summed E-state index contributed by atoms with van der Waals surface area (Å²) < 4.78 is 0. The summed E-state index contributed by atoms with van der Waals surface area (Å²) in [4.78, 5) is 31.8. The summed E-state index contributed by atoms with van der Waals surface area (Å²) in [7, 11) is 0. The predicted molar refractivity (Wildman–Crippen MR) is 51.0 cm³/mol. The number of carboxylic acids is 1. The zero-order valence-electron chi connectivity index (χ0n) is 8.28. The second kappa shape index (κ2) is 5.33. The second-order valence-corrected chi connectivity index (χ2v) is 3.51. The SMILES string of the molecule is O=C(CCCNC(=O)C(=O)O)NC1CC1. The van der Waals surface area contributed by atoms with Crippen LogP contribution in [-0.4, -0.2) is 35.5 Å². The van der Waals surface area contributed by atoms with Gasteiger partial charge in [0.05, 0.1) is 0 Å². The van der Waals surface area contributed by atoms with Crippen LogP contribution in [0.1, 0.15) is 25.7 Å². The van der Waals surface area contributed by atoms with E-state index in [-0.39, 0.29) is 12.5 Å². The molecule has 0 aromatic rings. The third-order valence-corrected chi connectivity index (χ3v) is 2.00. The lowest BCUT2D eigenvalue weighted by atomic mass is 10.3. The lowest BCUT2D eigenvalue weighted by Gasteiger charge is -2.03. The predicted octanol–water partition coefficient (Wildman–Crippen LogP) is -0.754. The smallest absolute Gasteiger partial charge is 0.394 e. The van der Waals surface area contributed by atoms with Crippen molar-refractivity contribution in [1.29, 1.82) is 0 Å². The van der Waals surface area contributed by atoms with Gasteiger partial charge in [0.25, 0.3) is 0 Å². The van der Waals surface area contributed by atoms with Gasteiger partial charge in [0.2, 0.25) is 5.91 Å². The van der Waals surface area contributed by atoms with Gasteiger partial charge in [0.15, 0.2) is 0 Å². The summed E-state index contributed by atoms with van der Waals surface area (Å²) in [6.45, 7) is 0.212. The number of aliphatic carboxylic acids is 1. The third-order valence-electron chi connectivity index (χ3n) is 2.00. The first-order valence-electron chi connectivity index (χ1n) is 4.90. The first-order chi connectivity index (χ1) is 7.09. The van der Waals surface area contributed by atoms with Crippen molar-refractivity contribution in [3.05, 3.63) is 0 Å². The van der Waals surface area contributed by atoms with Crippen LogP contribution in [0.2, 0.25) is 0 Å². The van der Waals surface area contributed by atoms with E-state index in [1.165, 1.54) is 0 Å². The maximum absolute atomic E-state index is 11.1. The highest BCUT2D eigenvalue weighted by Crippen LogP contribution is 2.18. The lowest BCUT2D eigenvalue weighted by Crippen LogP contribution is -2.32. The Morgan fingerprint density at radius 1 is 1.27 bits per heavy atom. The van der Waals surface area contributed by atoms with Crippen molar-refractivity contribution in [2.75, 3.05) is 6.54 Å². The van der Waals surface area contributed by atoms with Gasteiger partial charge in [-0.15, -0.1) is 0 Å². The molecule has 1 saturated carbocycles. The fraction of sp³-hybridized carbons (Fsp3) is 0.667. The number of carboxylic acid groups (broad SMARTS) is 1. The number of rotatable bonds is 5. The van der Waals surface area contributed by atoms with E-state index in [2.05, 4.69) is 10.6 Å². The van der Waals surface area contributed by atoms with Crippen LogP contribution in [0.3, 0.4) is 0 Å². The van der Waals surface area contributed by atoms with E-state index in [1.807, 2.05) is 0 Å². The normalized spacial score (nSPS) is 14.4. The van der Waals surface area contributed by atoms with Gasteiger partial charge in [-0.1, -0.05) is 0 Å². The van der Waals surface area contributed by atoms with Crippen LogP contribution in [-0.2, 0) is 14.4 Å². The summed E-state index contributed by atoms with van der Waals surface area (Å²) in [5.41, 5.74) is 0. The van der Waals surface area contributed by atoms with E-state index >= 15 is 0 Å². The molecule has 0 aromatic heterocycles. The fourth-order valence-corrected chi connectivity index (χ4v) is 1.05. The van der Waals surface area contributed by atoms with Gasteiger partial charge in [-0.25, -0.2) is 4.79 Å². The lowest BCUT2D eigenvalue weighted by molar-refractivity contribution is -0.150. The first-order valence-corrected chi connectivity index (χ1v) is 4.90. The van der Waals surface area contributed by atoms with Crippen LogP contribution in [0.5, 0.6) is 0 Å². The Labute approximate surface area is 87.0 Å². The summed E-state index contributed by atoms with van der Waals surface area (Å²) >= 11 is 0. The minimum atomic E-state index is -1.50. The van der Waals surface area contributed by atoms with Crippen molar-refractivity contribution < 1.29 is 19.5 Å². The topological polar surface area (TPSA) is 95.5 Å². The van der Waals surface area contributed by atoms with Crippen LogP contribution in [0.15, 0.2) is 0 Å². The van der Waals surface area contributed by atoms with Gasteiger partial charge in [-0.2, -0.15) is 0 Å². The van der Waals surface area contributed by atoms with Gasteiger partial charge >= 0.3 is 11.9 Å². The molecule has 0 heterocycles. The Balaban J connectivity index is 1.98. The zero-order valence-corrected chi connectivity index (χ0v) is 8.28. The highest BCUT2D eigenvalue weighted by Gasteiger charge is 2.22. The first kappa shape index (κ1) is 11.5. The number of carbonyl (C=O) groups is 3. The Kier molecular flexibility index (Phi) is 4.08. The van der Waals surface area contributed by atoms with E-state index in [9.17, 15) is 14.4 Å². The molecular formula is C9H14N2O4. The number of amides is 2. The molecule has 1 fully saturated rings. The summed E-state index contributed by atoms with van der Waals surface area (Å²) in [5.74, 6) is -2.57. The molecule has 6 nitrogen and oxygen atoms in total. The molecule has 0 unspecified atom stereocenters. The molecule has 1 aliphatic carbocycles. The quantitative estimate of drug-likeness (QED) is 0.414. The number of nitrogens with one attached hydrogen (secondary N) is 2. The molecule has 6 heteroatoms. The highest BCUT2D eigenvalue weighted by molar-refractivity contribution is 6.31. The molecule has 0 aliphatic heterocycles. The molecule has 0 atom stereocenters. The summed E-state index contributed by atoms with van der Waals surface area (Å²) in [6.07, 6.45) is 2.86. The van der Waals surface area contributed by atoms with Crippen LogP contribution in [0.25, 0.3) is 0 Å². The number of hydrogen-bond acceptors (Lipinski definition) is 3. The van der Waals surface area contributed by atoms with E-state index in [0.717, 1.165) is 12.8 Å². The average molecular weight is 214 g/mol. The molecule has 2 amide bonds. The fourth-order valence-electron chi connectivity index (χ4n) is 1.05. The Morgan fingerprint density at radius 3 is 2.47 bits per heavy atom. The van der Waals surface area contributed by atoms with Crippen molar-refractivity contribution in [3.63, 3.8) is 0 Å². The van der Waals surface area contributed by atoms with Crippen molar-refractivity contribution in [2.24, 2.45) is 0 Å². The third kappa shape index (κ3) is 4.99. The largest absolute Gasteiger partial charge is 0.474 e. The van der Waals surface area contributed by atoms with Gasteiger partial charge in [-0.05, 0) is 19.3 Å². The van der Waals surface area contributed by atoms with E-state index in [4.69, 9.17) is 5.11 Å². The average Bonchev–Trinajstić information content (AvgIpc) is 2.95. The van der Waals surface area contributed by atoms with Crippen LogP contribution < -0.4 is 10.6 Å². The molecule has 0 saturated heterocycles. The second-order valence-electron chi connectivity index (χ2n) is 3.51. The van der Waals surface area contributed by atoms with Crippen molar-refractivity contribution in [2.45, 2.75) is 31.7 Å². The summed E-state index contributed by atoms with van der Waals surface area (Å²) in [5, 5.41) is 13.2. The Bertz CT molecular complexity index is 273. The molecule has 0 bridgehead atoms. The molecule has 3 N–H and O–H groups in total. The zero-order chi connectivity index (χ0) is 11.3. The maximum atomic E-state index is 11.1. The van der Waals surface area contributed by atoms with Crippen molar-refractivity contribution in [1.82, 2.24) is 10.6 Å². The minimum absolute atomic E-state index is 0.0397. The van der Waals surface area contributed by atoms with E-state index in [1.54, 1.807) is 0 Å². The number of hydrogen-bond donors (Lipinski definition) is 3. The van der Waals surface area contributed by atoms with E-state index in [0.29, 0.717) is 18.9 Å². The molecular weight excluding hydrogens is 200 g/mol. The highest BCUT2D eigenvalue weighted by atomic mass is 16.4. The summed E-state index contributed by atoms with van der Waals surface area (Å²) in [6, 6.07) is 0.339. The van der Waals surface area contributed by atoms with Crippen molar-refractivity contribution >= 4 is 17.8 Å². The van der Waals surface area contributed by atoms with Gasteiger partial charge in [0.1, 0.15) is 0 Å². The van der Waals surface area contributed by atoms with Crippen LogP contribution in [0.4, 0.5) is 0 Å². The molecule has 84 valence electrons. The van der Waals surface area contributed by atoms with Crippen molar-refractivity contribution in [3.8, 4) is 0 Å². The van der Waals surface area contributed by atoms with Crippen LogP contribution in [0, 0.1) is 0 Å². The molecule has 15 heavy (non-hydrogen) atoms. The monoisotopic (exact) mass is 214 g/mol. The minimum Gasteiger partial charge on any atom is -0.474 e. The maximum Gasteiger partial charge on any atom is 0.394 e. The molecule has 0 radical (unpaired) electrons. The van der Waals surface area contributed by atoms with Crippen LogP contribution >= 0.6 is 0 Å². The molecule has 0 spiro atoms. The molecule has 1 aliphatic rings. The number of carbonyl (C=O) groups excluding carboxylic acids is 2.